The predicted molar refractivity (Wildman–Crippen MR) is 108 cm³/mol. The molecule has 0 aromatic heterocycles. The number of sulfonamides is 1. The molecule has 0 unspecified atom stereocenters. The maximum atomic E-state index is 15.1. The van der Waals surface area contributed by atoms with Gasteiger partial charge in [-0.15, -0.1) is 0 Å². The highest BCUT2D eigenvalue weighted by molar-refractivity contribution is 7.91. The fraction of sp³-hybridized carbons (Fsp3) is 0.611. The Morgan fingerprint density at radius 2 is 1.45 bits per heavy atom. The van der Waals surface area contributed by atoms with Crippen molar-refractivity contribution >= 4 is 31.5 Å². The number of hydrogen-bond donors (Lipinski definition) is 3. The van der Waals surface area contributed by atoms with E-state index in [-0.39, 0.29) is 0 Å². The number of carbonyl (C=O) groups is 1. The molecule has 1 saturated carbocycles. The standard InChI is InChI=1S/C18H26F3N3O5S2/c1-11(25)23-9-10-30(26,27)18-14(20)13(19)17(31(22,28)29)15(21)16(18)24-12-7-5-3-2-4-6-8-12/h12,24H,2-10H2,1H3,(H,23,25)(H2,22,28,29). The van der Waals surface area contributed by atoms with Gasteiger partial charge in [0, 0.05) is 19.5 Å². The quantitative estimate of drug-likeness (QED) is 0.507. The van der Waals surface area contributed by atoms with E-state index in [0.717, 1.165) is 39.0 Å². The molecule has 4 N–H and O–H groups in total. The minimum Gasteiger partial charge on any atom is -0.379 e. The number of benzene rings is 1. The van der Waals surface area contributed by atoms with Crippen LogP contribution in [0.15, 0.2) is 9.79 Å². The lowest BCUT2D eigenvalue weighted by Gasteiger charge is -2.25. The molecule has 2 rings (SSSR count). The topological polar surface area (TPSA) is 135 Å². The zero-order valence-corrected chi connectivity index (χ0v) is 18.6. The van der Waals surface area contributed by atoms with Crippen LogP contribution in [0.1, 0.15) is 51.9 Å². The summed E-state index contributed by atoms with van der Waals surface area (Å²) in [5, 5.41) is 9.66. The van der Waals surface area contributed by atoms with Crippen LogP contribution in [0.4, 0.5) is 18.9 Å². The average molecular weight is 486 g/mol. The number of nitrogens with one attached hydrogen (secondary N) is 2. The van der Waals surface area contributed by atoms with Crippen LogP contribution >= 0.6 is 0 Å². The molecule has 0 radical (unpaired) electrons. The van der Waals surface area contributed by atoms with E-state index in [0.29, 0.717) is 12.8 Å². The second-order valence-electron chi connectivity index (χ2n) is 7.51. The van der Waals surface area contributed by atoms with Gasteiger partial charge >= 0.3 is 0 Å². The molecule has 8 nitrogen and oxygen atoms in total. The Morgan fingerprint density at radius 1 is 0.935 bits per heavy atom. The number of anilines is 1. The normalized spacial score (nSPS) is 16.4. The number of amides is 1. The molecule has 0 spiro atoms. The van der Waals surface area contributed by atoms with Gasteiger partial charge in [-0.3, -0.25) is 4.79 Å². The molecule has 0 heterocycles. The van der Waals surface area contributed by atoms with Gasteiger partial charge in [-0.2, -0.15) is 0 Å². The van der Waals surface area contributed by atoms with Crippen LogP contribution in [-0.2, 0) is 24.7 Å². The highest BCUT2D eigenvalue weighted by Gasteiger charge is 2.36. The van der Waals surface area contributed by atoms with Gasteiger partial charge in [-0.25, -0.2) is 35.1 Å². The summed E-state index contributed by atoms with van der Waals surface area (Å²) in [6.45, 7) is 0.704. The number of hydrogen-bond acceptors (Lipinski definition) is 6. The molecule has 1 aliphatic rings. The van der Waals surface area contributed by atoms with E-state index in [1.165, 1.54) is 0 Å². The van der Waals surface area contributed by atoms with Crippen molar-refractivity contribution in [2.24, 2.45) is 5.14 Å². The van der Waals surface area contributed by atoms with E-state index >= 15 is 4.39 Å². The van der Waals surface area contributed by atoms with Crippen LogP contribution in [0.5, 0.6) is 0 Å². The lowest BCUT2D eigenvalue weighted by Crippen LogP contribution is -2.30. The third-order valence-corrected chi connectivity index (χ3v) is 7.71. The summed E-state index contributed by atoms with van der Waals surface area (Å²) in [5.74, 6) is -7.44. The highest BCUT2D eigenvalue weighted by atomic mass is 32.2. The molecule has 1 amide bonds. The molecule has 0 saturated heterocycles. The Bertz CT molecular complexity index is 1040. The molecule has 1 aromatic carbocycles. The largest absolute Gasteiger partial charge is 0.379 e. The average Bonchev–Trinajstić information content (AvgIpc) is 2.59. The first-order valence-electron chi connectivity index (χ1n) is 9.83. The Morgan fingerprint density at radius 3 is 1.97 bits per heavy atom. The molecule has 13 heteroatoms. The number of halogens is 3. The Kier molecular flexibility index (Phi) is 8.34. The summed E-state index contributed by atoms with van der Waals surface area (Å²) < 4.78 is 93.3. The van der Waals surface area contributed by atoms with Crippen LogP contribution in [0, 0.1) is 17.5 Å². The second kappa shape index (κ2) is 10.2. The zero-order chi connectivity index (χ0) is 23.4. The lowest BCUT2D eigenvalue weighted by molar-refractivity contribution is -0.118. The van der Waals surface area contributed by atoms with Crippen molar-refractivity contribution in [3.8, 4) is 0 Å². The molecule has 1 aliphatic carbocycles. The summed E-state index contributed by atoms with van der Waals surface area (Å²) in [6, 6.07) is -0.475. The maximum absolute atomic E-state index is 15.1. The molecule has 1 aromatic rings. The summed E-state index contributed by atoms with van der Waals surface area (Å²) in [6.07, 6.45) is 5.34. The van der Waals surface area contributed by atoms with E-state index in [9.17, 15) is 30.4 Å². The third-order valence-electron chi connectivity index (χ3n) is 5.03. The van der Waals surface area contributed by atoms with E-state index < -0.39 is 77.0 Å². The predicted octanol–water partition coefficient (Wildman–Crippen LogP) is 2.19. The number of nitrogens with two attached hydrogens (primary N) is 1. The summed E-state index contributed by atoms with van der Waals surface area (Å²) >= 11 is 0. The number of rotatable bonds is 7. The number of primary sulfonamides is 1. The van der Waals surface area contributed by atoms with E-state index in [1.54, 1.807) is 0 Å². The first-order valence-corrected chi connectivity index (χ1v) is 13.0. The van der Waals surface area contributed by atoms with Crippen molar-refractivity contribution in [3.05, 3.63) is 17.5 Å². The van der Waals surface area contributed by atoms with Crippen molar-refractivity contribution in [2.45, 2.75) is 67.7 Å². The fourth-order valence-corrected chi connectivity index (χ4v) is 5.65. The smallest absolute Gasteiger partial charge is 0.244 e. The van der Waals surface area contributed by atoms with Gasteiger partial charge in [0.05, 0.1) is 11.4 Å². The van der Waals surface area contributed by atoms with E-state index in [1.807, 2.05) is 0 Å². The second-order valence-corrected chi connectivity index (χ2v) is 11.1. The molecule has 0 aliphatic heterocycles. The van der Waals surface area contributed by atoms with Crippen LogP contribution in [0.25, 0.3) is 0 Å². The van der Waals surface area contributed by atoms with Gasteiger partial charge in [0.2, 0.25) is 15.9 Å². The van der Waals surface area contributed by atoms with Gasteiger partial charge in [0.25, 0.3) is 0 Å². The SMILES string of the molecule is CC(=O)NCCS(=O)(=O)c1c(F)c(F)c(S(N)(=O)=O)c(F)c1NC1CCCCCCC1. The van der Waals surface area contributed by atoms with Crippen molar-refractivity contribution in [1.29, 1.82) is 0 Å². The molecule has 31 heavy (non-hydrogen) atoms. The highest BCUT2D eigenvalue weighted by Crippen LogP contribution is 2.36. The van der Waals surface area contributed by atoms with Crippen molar-refractivity contribution in [2.75, 3.05) is 17.6 Å². The summed E-state index contributed by atoms with van der Waals surface area (Å²) in [4.78, 5) is 7.94. The molecule has 0 bridgehead atoms. The lowest BCUT2D eigenvalue weighted by atomic mass is 9.96. The Hall–Kier alpha value is -1.86. The van der Waals surface area contributed by atoms with Crippen LogP contribution in [0.3, 0.4) is 0 Å². The summed E-state index contributed by atoms with van der Waals surface area (Å²) in [7, 11) is -9.69. The Labute approximate surface area is 179 Å². The van der Waals surface area contributed by atoms with E-state index in [2.05, 4.69) is 10.6 Å². The minimum atomic E-state index is -5.04. The zero-order valence-electron chi connectivity index (χ0n) is 17.0. The van der Waals surface area contributed by atoms with Crippen LogP contribution in [-0.4, -0.2) is 41.1 Å². The molecule has 176 valence electrons. The van der Waals surface area contributed by atoms with Gasteiger partial charge in [-0.05, 0) is 12.8 Å². The molecular formula is C18H26F3N3O5S2. The summed E-state index contributed by atoms with van der Waals surface area (Å²) in [5.41, 5.74) is -0.962. The first kappa shape index (κ1) is 25.4. The van der Waals surface area contributed by atoms with Gasteiger partial charge in [0.15, 0.2) is 32.2 Å². The van der Waals surface area contributed by atoms with Gasteiger partial charge < -0.3 is 10.6 Å². The van der Waals surface area contributed by atoms with Gasteiger partial charge in [-0.1, -0.05) is 32.1 Å². The van der Waals surface area contributed by atoms with E-state index in [4.69, 9.17) is 5.14 Å². The van der Waals surface area contributed by atoms with Crippen LogP contribution in [0.2, 0.25) is 0 Å². The third kappa shape index (κ3) is 6.32. The Balaban J connectivity index is 2.63. The molecule has 0 atom stereocenters. The molecular weight excluding hydrogens is 459 g/mol. The van der Waals surface area contributed by atoms with Crippen LogP contribution < -0.4 is 15.8 Å². The van der Waals surface area contributed by atoms with Crippen molar-refractivity contribution in [3.63, 3.8) is 0 Å². The maximum Gasteiger partial charge on any atom is 0.244 e. The monoisotopic (exact) mass is 485 g/mol. The van der Waals surface area contributed by atoms with Gasteiger partial charge in [0.1, 0.15) is 4.90 Å². The van der Waals surface area contributed by atoms with Crippen molar-refractivity contribution < 1.29 is 34.8 Å². The number of carbonyl (C=O) groups excluding carboxylic acids is 1. The fourth-order valence-electron chi connectivity index (χ4n) is 3.56. The first-order chi connectivity index (χ1) is 14.4. The number of sulfone groups is 1. The molecule has 1 fully saturated rings. The minimum absolute atomic E-state index is 0.430. The van der Waals surface area contributed by atoms with Crippen molar-refractivity contribution in [1.82, 2.24) is 5.32 Å².